The third-order valence-electron chi connectivity index (χ3n) is 2.50. The fraction of sp³-hybridized carbons (Fsp3) is 0.500. The second kappa shape index (κ2) is 1.94. The van der Waals surface area contributed by atoms with Gasteiger partial charge in [-0.25, -0.2) is 0 Å². The molecule has 2 aliphatic carbocycles. The van der Waals surface area contributed by atoms with Gasteiger partial charge in [-0.3, -0.25) is 9.59 Å². The highest BCUT2D eigenvalue weighted by atomic mass is 16.4. The van der Waals surface area contributed by atoms with Crippen molar-refractivity contribution in [2.75, 3.05) is 0 Å². The van der Waals surface area contributed by atoms with Gasteiger partial charge in [0.15, 0.2) is 0 Å². The normalized spacial score (nSPS) is 40.0. The Labute approximate surface area is 63.7 Å². The molecular formula is C8H8O3. The minimum absolute atomic E-state index is 0.0948. The molecule has 1 N–H and O–H groups in total. The van der Waals surface area contributed by atoms with Crippen molar-refractivity contribution in [1.29, 1.82) is 0 Å². The Kier molecular flexibility index (Phi) is 1.16. The zero-order chi connectivity index (χ0) is 8.01. The summed E-state index contributed by atoms with van der Waals surface area (Å²) in [7, 11) is 0. The van der Waals surface area contributed by atoms with Crippen LogP contribution in [0.25, 0.3) is 0 Å². The Hall–Kier alpha value is -1.12. The number of carbonyl (C=O) groups is 2. The quantitative estimate of drug-likeness (QED) is 0.555. The number of ketones is 1. The van der Waals surface area contributed by atoms with Gasteiger partial charge in [0.2, 0.25) is 0 Å². The first kappa shape index (κ1) is 6.58. The van der Waals surface area contributed by atoms with Crippen molar-refractivity contribution in [3.8, 4) is 0 Å². The number of hydrogen-bond donors (Lipinski definition) is 1. The van der Waals surface area contributed by atoms with E-state index in [-0.39, 0.29) is 17.6 Å². The molecule has 58 valence electrons. The predicted octanol–water partition coefficient (Wildman–Crippen LogP) is 0.462. The number of rotatable bonds is 1. The number of fused-ring (bicyclic) bond motifs is 2. The van der Waals surface area contributed by atoms with Crippen LogP contribution in [0.5, 0.6) is 0 Å². The second-order valence-electron chi connectivity index (χ2n) is 3.10. The molecule has 2 bridgehead atoms. The van der Waals surface area contributed by atoms with Crippen molar-refractivity contribution < 1.29 is 14.7 Å². The smallest absolute Gasteiger partial charge is 0.307 e. The molecule has 11 heavy (non-hydrogen) atoms. The van der Waals surface area contributed by atoms with Crippen LogP contribution in [0.1, 0.15) is 6.42 Å². The van der Waals surface area contributed by atoms with Gasteiger partial charge < -0.3 is 5.11 Å². The molecule has 1 saturated carbocycles. The summed E-state index contributed by atoms with van der Waals surface area (Å²) in [6.07, 6.45) is 4.07. The van der Waals surface area contributed by atoms with Gasteiger partial charge in [0.25, 0.3) is 0 Å². The maximum absolute atomic E-state index is 11.2. The van der Waals surface area contributed by atoms with E-state index < -0.39 is 11.9 Å². The Bertz CT molecular complexity index is 254. The summed E-state index contributed by atoms with van der Waals surface area (Å²) in [4.78, 5) is 21.7. The molecule has 0 spiro atoms. The summed E-state index contributed by atoms with van der Waals surface area (Å²) in [6.45, 7) is 0. The predicted molar refractivity (Wildman–Crippen MR) is 36.9 cm³/mol. The first-order valence-corrected chi connectivity index (χ1v) is 3.65. The summed E-state index contributed by atoms with van der Waals surface area (Å²) in [5.74, 6) is -1.61. The number of carboxylic acid groups (broad SMARTS) is 1. The zero-order valence-corrected chi connectivity index (χ0v) is 5.86. The van der Waals surface area contributed by atoms with Gasteiger partial charge in [0.1, 0.15) is 5.78 Å². The molecule has 0 aromatic rings. The molecule has 2 rings (SSSR count). The van der Waals surface area contributed by atoms with Crippen LogP contribution >= 0.6 is 0 Å². The van der Waals surface area contributed by atoms with E-state index in [0.29, 0.717) is 6.42 Å². The molecule has 0 radical (unpaired) electrons. The van der Waals surface area contributed by atoms with Crippen molar-refractivity contribution in [2.45, 2.75) is 6.42 Å². The fourth-order valence-corrected chi connectivity index (χ4v) is 1.89. The van der Waals surface area contributed by atoms with Gasteiger partial charge in [0, 0.05) is 11.8 Å². The number of aliphatic carboxylic acids is 1. The molecule has 0 amide bonds. The molecule has 3 heteroatoms. The number of allylic oxidation sites excluding steroid dienone is 2. The Morgan fingerprint density at radius 3 is 2.55 bits per heavy atom. The highest BCUT2D eigenvalue weighted by molar-refractivity contribution is 5.96. The summed E-state index contributed by atoms with van der Waals surface area (Å²) in [5.41, 5.74) is 0. The summed E-state index contributed by atoms with van der Waals surface area (Å²) >= 11 is 0. The van der Waals surface area contributed by atoms with E-state index in [2.05, 4.69) is 0 Å². The number of hydrogen-bond acceptors (Lipinski definition) is 2. The van der Waals surface area contributed by atoms with Gasteiger partial charge in [0.05, 0.1) is 5.92 Å². The van der Waals surface area contributed by atoms with Crippen LogP contribution < -0.4 is 0 Å². The maximum atomic E-state index is 11.2. The van der Waals surface area contributed by atoms with E-state index in [1.165, 1.54) is 0 Å². The molecule has 0 heterocycles. The van der Waals surface area contributed by atoms with E-state index in [1.54, 1.807) is 6.08 Å². The summed E-state index contributed by atoms with van der Waals surface area (Å²) in [5, 5.41) is 8.67. The lowest BCUT2D eigenvalue weighted by Crippen LogP contribution is -2.19. The van der Waals surface area contributed by atoms with Crippen LogP contribution in [-0.2, 0) is 9.59 Å². The van der Waals surface area contributed by atoms with Gasteiger partial charge in [-0.1, -0.05) is 12.2 Å². The zero-order valence-electron chi connectivity index (χ0n) is 5.86. The van der Waals surface area contributed by atoms with Crippen LogP contribution in [0.15, 0.2) is 12.2 Å². The van der Waals surface area contributed by atoms with E-state index in [0.717, 1.165) is 0 Å². The highest BCUT2D eigenvalue weighted by Crippen LogP contribution is 2.40. The van der Waals surface area contributed by atoms with Gasteiger partial charge in [-0.05, 0) is 6.42 Å². The van der Waals surface area contributed by atoms with E-state index >= 15 is 0 Å². The highest BCUT2D eigenvalue weighted by Gasteiger charge is 2.46. The molecule has 0 unspecified atom stereocenters. The fourth-order valence-electron chi connectivity index (χ4n) is 1.89. The molecule has 0 aliphatic heterocycles. The average molecular weight is 152 g/mol. The summed E-state index contributed by atoms with van der Waals surface area (Å²) < 4.78 is 0. The third-order valence-corrected chi connectivity index (χ3v) is 2.50. The van der Waals surface area contributed by atoms with E-state index in [4.69, 9.17) is 5.11 Å². The Morgan fingerprint density at radius 2 is 2.27 bits per heavy atom. The lowest BCUT2D eigenvalue weighted by atomic mass is 9.94. The second-order valence-corrected chi connectivity index (χ2v) is 3.10. The Morgan fingerprint density at radius 1 is 1.55 bits per heavy atom. The van der Waals surface area contributed by atoms with E-state index in [1.807, 2.05) is 6.08 Å². The van der Waals surface area contributed by atoms with Crippen molar-refractivity contribution in [2.24, 2.45) is 17.8 Å². The minimum atomic E-state index is -0.838. The van der Waals surface area contributed by atoms with Crippen LogP contribution in [0, 0.1) is 17.8 Å². The molecule has 1 fully saturated rings. The van der Waals surface area contributed by atoms with Crippen LogP contribution in [0.3, 0.4) is 0 Å². The summed E-state index contributed by atoms with van der Waals surface area (Å²) in [6, 6.07) is 0. The van der Waals surface area contributed by atoms with Crippen molar-refractivity contribution in [3.63, 3.8) is 0 Å². The van der Waals surface area contributed by atoms with Crippen molar-refractivity contribution in [1.82, 2.24) is 0 Å². The molecule has 0 saturated heterocycles. The monoisotopic (exact) mass is 152 g/mol. The third kappa shape index (κ3) is 0.737. The molecule has 3 atom stereocenters. The Balaban J connectivity index is 2.28. The van der Waals surface area contributed by atoms with E-state index in [9.17, 15) is 9.59 Å². The SMILES string of the molecule is O=C1[C@H]2C=C[C@H]1C[C@H]2C(=O)O. The van der Waals surface area contributed by atoms with Crippen molar-refractivity contribution >= 4 is 11.8 Å². The lowest BCUT2D eigenvalue weighted by Gasteiger charge is -2.09. The first-order chi connectivity index (χ1) is 5.20. The molecule has 2 aliphatic rings. The van der Waals surface area contributed by atoms with Crippen molar-refractivity contribution in [3.05, 3.63) is 12.2 Å². The molecular weight excluding hydrogens is 144 g/mol. The largest absolute Gasteiger partial charge is 0.481 e. The number of carbonyl (C=O) groups excluding carboxylic acids is 1. The van der Waals surface area contributed by atoms with Gasteiger partial charge >= 0.3 is 5.97 Å². The topological polar surface area (TPSA) is 54.4 Å². The van der Waals surface area contributed by atoms with Gasteiger partial charge in [-0.2, -0.15) is 0 Å². The van der Waals surface area contributed by atoms with Crippen LogP contribution in [-0.4, -0.2) is 16.9 Å². The number of carboxylic acids is 1. The number of Topliss-reactive ketones (excluding diaryl/α,β-unsaturated/α-hetero) is 1. The van der Waals surface area contributed by atoms with Crippen LogP contribution in [0.4, 0.5) is 0 Å². The minimum Gasteiger partial charge on any atom is -0.481 e. The standard InChI is InChI=1S/C8H8O3/c9-7-4-1-2-5(7)6(3-4)8(10)11/h1-2,4-6H,3H2,(H,10,11)/t4-,5-,6+/m0/s1. The molecule has 0 aromatic heterocycles. The molecule has 0 aromatic carbocycles. The molecule has 3 nitrogen and oxygen atoms in total. The van der Waals surface area contributed by atoms with Gasteiger partial charge in [-0.15, -0.1) is 0 Å². The van der Waals surface area contributed by atoms with Crippen LogP contribution in [0.2, 0.25) is 0 Å². The lowest BCUT2D eigenvalue weighted by molar-refractivity contribution is -0.143. The maximum Gasteiger partial charge on any atom is 0.307 e. The first-order valence-electron chi connectivity index (χ1n) is 3.65. The average Bonchev–Trinajstić information content (AvgIpc) is 2.46.